The molecule has 0 N–H and O–H groups in total. The van der Waals surface area contributed by atoms with Crippen LogP contribution in [0.3, 0.4) is 0 Å². The van der Waals surface area contributed by atoms with Crippen LogP contribution in [0, 0.1) is 0 Å². The first-order valence-electron chi connectivity index (χ1n) is 6.33. The zero-order valence-electron chi connectivity index (χ0n) is 10.6. The lowest BCUT2D eigenvalue weighted by molar-refractivity contribution is 0.172. The summed E-state index contributed by atoms with van der Waals surface area (Å²) in [6.45, 7) is 4.17. The molecule has 0 aliphatic heterocycles. The van der Waals surface area contributed by atoms with Gasteiger partial charge in [-0.1, -0.05) is 19.3 Å². The van der Waals surface area contributed by atoms with E-state index < -0.39 is 7.92 Å². The zero-order valence-corrected chi connectivity index (χ0v) is 11.5. The molecule has 0 aromatic heterocycles. The molecule has 0 bridgehead atoms. The fourth-order valence-electron chi connectivity index (χ4n) is 2.10. The molecule has 1 rings (SSSR count). The van der Waals surface area contributed by atoms with Crippen molar-refractivity contribution in [2.45, 2.75) is 51.6 Å². The van der Waals surface area contributed by atoms with E-state index in [1.54, 1.807) is 13.8 Å². The summed E-state index contributed by atoms with van der Waals surface area (Å²) in [5.74, 6) is 0. The van der Waals surface area contributed by atoms with Crippen molar-refractivity contribution >= 4 is 19.3 Å². The van der Waals surface area contributed by atoms with Crippen LogP contribution in [0.15, 0.2) is 0 Å². The lowest BCUT2D eigenvalue weighted by Crippen LogP contribution is -2.21. The van der Waals surface area contributed by atoms with Crippen molar-refractivity contribution < 1.29 is 19.1 Å². The Morgan fingerprint density at radius 2 is 1.47 bits per heavy atom. The molecule has 17 heavy (non-hydrogen) atoms. The summed E-state index contributed by atoms with van der Waals surface area (Å²) in [5.41, 5.74) is -0.544. The first-order chi connectivity index (χ1) is 8.20. The van der Waals surface area contributed by atoms with Crippen LogP contribution in [-0.2, 0) is 9.47 Å². The molecule has 0 amide bonds. The highest BCUT2D eigenvalue weighted by Gasteiger charge is 2.37. The third-order valence-corrected chi connectivity index (χ3v) is 5.16. The van der Waals surface area contributed by atoms with Gasteiger partial charge < -0.3 is 9.47 Å². The minimum absolute atomic E-state index is 0.164. The van der Waals surface area contributed by atoms with E-state index in [-0.39, 0.29) is 17.1 Å². The van der Waals surface area contributed by atoms with Gasteiger partial charge in [-0.3, -0.25) is 0 Å². The van der Waals surface area contributed by atoms with Crippen LogP contribution >= 0.6 is 7.92 Å². The molecular weight excluding hydrogens is 239 g/mol. The predicted molar refractivity (Wildman–Crippen MR) is 67.8 cm³/mol. The Kier molecular flexibility index (Phi) is 6.49. The van der Waals surface area contributed by atoms with E-state index >= 15 is 0 Å². The number of hydrogen-bond acceptors (Lipinski definition) is 4. The van der Waals surface area contributed by atoms with Gasteiger partial charge in [-0.15, -0.1) is 0 Å². The van der Waals surface area contributed by atoms with Crippen LogP contribution < -0.4 is 0 Å². The second-order valence-electron chi connectivity index (χ2n) is 4.06. The van der Waals surface area contributed by atoms with Crippen LogP contribution in [0.1, 0.15) is 46.0 Å². The molecule has 0 aromatic carbocycles. The molecule has 0 atom stereocenters. The highest BCUT2D eigenvalue weighted by atomic mass is 31.1. The number of ether oxygens (including phenoxy) is 2. The Balaban J connectivity index is 2.69. The van der Waals surface area contributed by atoms with Crippen molar-refractivity contribution in [3.63, 3.8) is 0 Å². The number of carbonyl (C=O) groups excluding carboxylic acids is 2. The van der Waals surface area contributed by atoms with Gasteiger partial charge in [0.1, 0.15) is 7.92 Å². The number of hydrogen-bond donors (Lipinski definition) is 0. The van der Waals surface area contributed by atoms with Gasteiger partial charge >= 0.3 is 11.4 Å². The Morgan fingerprint density at radius 3 is 1.88 bits per heavy atom. The van der Waals surface area contributed by atoms with E-state index in [9.17, 15) is 9.59 Å². The molecule has 0 saturated heterocycles. The Bertz CT molecular complexity index is 243. The van der Waals surface area contributed by atoms with Crippen LogP contribution in [0.2, 0.25) is 0 Å². The fourth-order valence-corrected chi connectivity index (χ4v) is 4.26. The van der Waals surface area contributed by atoms with Crippen molar-refractivity contribution in [2.75, 3.05) is 13.2 Å². The molecule has 5 heteroatoms. The quantitative estimate of drug-likeness (QED) is 0.698. The van der Waals surface area contributed by atoms with Crippen LogP contribution in [-0.4, -0.2) is 30.3 Å². The standard InChI is InChI=1S/C12H21O4P/c1-3-15-11(13)17(12(14)16-4-2)10-8-6-5-7-9-10/h10H,3-9H2,1-2H3. The van der Waals surface area contributed by atoms with Gasteiger partial charge in [0.2, 0.25) is 0 Å². The number of carbonyl (C=O) groups is 2. The second kappa shape index (κ2) is 7.65. The summed E-state index contributed by atoms with van der Waals surface area (Å²) in [5, 5.41) is 0. The maximum Gasteiger partial charge on any atom is 0.337 e. The summed E-state index contributed by atoms with van der Waals surface area (Å²) >= 11 is 0. The van der Waals surface area contributed by atoms with E-state index in [1.807, 2.05) is 0 Å². The second-order valence-corrected chi connectivity index (χ2v) is 6.26. The summed E-state index contributed by atoms with van der Waals surface area (Å²) in [4.78, 5) is 23.7. The first-order valence-corrected chi connectivity index (χ1v) is 7.74. The zero-order chi connectivity index (χ0) is 12.7. The van der Waals surface area contributed by atoms with Gasteiger partial charge in [-0.2, -0.15) is 0 Å². The van der Waals surface area contributed by atoms with Gasteiger partial charge in [0.05, 0.1) is 13.2 Å². The van der Waals surface area contributed by atoms with Crippen LogP contribution in [0.4, 0.5) is 9.59 Å². The van der Waals surface area contributed by atoms with Crippen LogP contribution in [0.5, 0.6) is 0 Å². The Morgan fingerprint density at radius 1 is 1.00 bits per heavy atom. The molecule has 0 radical (unpaired) electrons. The minimum Gasteiger partial charge on any atom is -0.462 e. The molecule has 0 spiro atoms. The van der Waals surface area contributed by atoms with E-state index in [0.717, 1.165) is 25.7 Å². The molecule has 0 unspecified atom stereocenters. The monoisotopic (exact) mass is 260 g/mol. The van der Waals surface area contributed by atoms with Gasteiger partial charge in [0, 0.05) is 0 Å². The maximum atomic E-state index is 11.9. The number of rotatable bonds is 5. The summed E-state index contributed by atoms with van der Waals surface area (Å²) in [6, 6.07) is 0. The highest BCUT2D eigenvalue weighted by Crippen LogP contribution is 2.50. The van der Waals surface area contributed by atoms with E-state index in [4.69, 9.17) is 9.47 Å². The van der Waals surface area contributed by atoms with Gasteiger partial charge in [0.15, 0.2) is 0 Å². The van der Waals surface area contributed by atoms with Gasteiger partial charge in [-0.25, -0.2) is 9.59 Å². The highest BCUT2D eigenvalue weighted by molar-refractivity contribution is 7.88. The summed E-state index contributed by atoms with van der Waals surface area (Å²) < 4.78 is 10.0. The molecular formula is C12H21O4P. The molecule has 0 aromatic rings. The molecule has 98 valence electrons. The molecule has 1 aliphatic rings. The maximum absolute atomic E-state index is 11.9. The average molecular weight is 260 g/mol. The lowest BCUT2D eigenvalue weighted by atomic mass is 10.0. The summed E-state index contributed by atoms with van der Waals surface area (Å²) in [6.07, 6.45) is 5.29. The summed E-state index contributed by atoms with van der Waals surface area (Å²) in [7, 11) is -1.44. The largest absolute Gasteiger partial charge is 0.462 e. The van der Waals surface area contributed by atoms with Crippen molar-refractivity contribution in [2.24, 2.45) is 0 Å². The molecule has 1 aliphatic carbocycles. The molecule has 1 fully saturated rings. The van der Waals surface area contributed by atoms with Gasteiger partial charge in [-0.05, 0) is 32.3 Å². The van der Waals surface area contributed by atoms with E-state index in [1.165, 1.54) is 6.42 Å². The smallest absolute Gasteiger partial charge is 0.337 e. The Labute approximate surface area is 104 Å². The normalized spacial score (nSPS) is 16.9. The third-order valence-electron chi connectivity index (χ3n) is 2.87. The van der Waals surface area contributed by atoms with Crippen molar-refractivity contribution in [3.8, 4) is 0 Å². The van der Waals surface area contributed by atoms with E-state index in [0.29, 0.717) is 13.2 Å². The topological polar surface area (TPSA) is 52.6 Å². The SMILES string of the molecule is CCOC(=O)P(C(=O)OCC)C1CCCCC1. The van der Waals surface area contributed by atoms with Crippen molar-refractivity contribution in [1.29, 1.82) is 0 Å². The van der Waals surface area contributed by atoms with E-state index in [2.05, 4.69) is 0 Å². The molecule has 4 nitrogen and oxygen atoms in total. The fraction of sp³-hybridized carbons (Fsp3) is 0.833. The predicted octanol–water partition coefficient (Wildman–Crippen LogP) is 4.11. The minimum atomic E-state index is -1.44. The Hall–Kier alpha value is -0.630. The van der Waals surface area contributed by atoms with Gasteiger partial charge in [0.25, 0.3) is 0 Å². The molecule has 1 saturated carbocycles. The third kappa shape index (κ3) is 4.27. The van der Waals surface area contributed by atoms with Crippen molar-refractivity contribution in [1.82, 2.24) is 0 Å². The van der Waals surface area contributed by atoms with Crippen molar-refractivity contribution in [3.05, 3.63) is 0 Å². The lowest BCUT2D eigenvalue weighted by Gasteiger charge is -2.26. The van der Waals surface area contributed by atoms with Crippen LogP contribution in [0.25, 0.3) is 0 Å². The average Bonchev–Trinajstić information content (AvgIpc) is 2.31. The molecule has 0 heterocycles. The first kappa shape index (κ1) is 14.4.